The van der Waals surface area contributed by atoms with Gasteiger partial charge in [-0.25, -0.2) is 9.59 Å². The molecule has 7 heteroatoms. The number of fused-ring (bicyclic) bond motifs is 2. The SMILES string of the molecule is CCC(C)C(NC(=O)Cc1c(C)c2cc3c(-c4ccc(C)cc4)coc3cc2oc1=O)C(=O)O. The third kappa shape index (κ3) is 4.33. The predicted octanol–water partition coefficient (Wildman–Crippen LogP) is 4.98. The molecule has 2 N–H and O–H groups in total. The molecule has 4 rings (SSSR count). The number of carboxylic acid groups (broad SMARTS) is 1. The van der Waals surface area contributed by atoms with Crippen molar-refractivity contribution in [3.05, 3.63) is 69.8 Å². The molecule has 2 atom stereocenters. The van der Waals surface area contributed by atoms with Crippen molar-refractivity contribution < 1.29 is 23.5 Å². The number of benzene rings is 2. The maximum absolute atomic E-state index is 12.7. The van der Waals surface area contributed by atoms with E-state index in [0.29, 0.717) is 28.5 Å². The van der Waals surface area contributed by atoms with E-state index in [1.807, 2.05) is 44.2 Å². The van der Waals surface area contributed by atoms with Crippen molar-refractivity contribution in [2.75, 3.05) is 0 Å². The molecular formula is C27H27NO6. The highest BCUT2D eigenvalue weighted by atomic mass is 16.4. The summed E-state index contributed by atoms with van der Waals surface area (Å²) in [7, 11) is 0. The fraction of sp³-hybridized carbons (Fsp3) is 0.296. The van der Waals surface area contributed by atoms with Crippen LogP contribution in [0.3, 0.4) is 0 Å². The number of carbonyl (C=O) groups is 2. The van der Waals surface area contributed by atoms with Gasteiger partial charge in [-0.05, 0) is 37.0 Å². The molecule has 0 aliphatic heterocycles. The summed E-state index contributed by atoms with van der Waals surface area (Å²) in [5, 5.41) is 13.6. The van der Waals surface area contributed by atoms with Gasteiger partial charge in [0.25, 0.3) is 0 Å². The highest BCUT2D eigenvalue weighted by Gasteiger charge is 2.26. The van der Waals surface area contributed by atoms with Gasteiger partial charge in [0.05, 0.1) is 18.2 Å². The average molecular weight is 462 g/mol. The average Bonchev–Trinajstić information content (AvgIpc) is 3.21. The van der Waals surface area contributed by atoms with Crippen molar-refractivity contribution in [3.8, 4) is 11.1 Å². The first-order valence-electron chi connectivity index (χ1n) is 11.3. The Hall–Kier alpha value is -3.87. The minimum absolute atomic E-state index is 0.207. The molecule has 7 nitrogen and oxygen atoms in total. The number of aryl methyl sites for hydroxylation is 2. The lowest BCUT2D eigenvalue weighted by atomic mass is 9.97. The Morgan fingerprint density at radius 1 is 1.06 bits per heavy atom. The van der Waals surface area contributed by atoms with Gasteiger partial charge in [-0.2, -0.15) is 0 Å². The first-order chi connectivity index (χ1) is 16.2. The molecule has 0 bridgehead atoms. The standard InChI is InChI=1S/C27H27NO6/c1-5-15(3)25(26(30)31)28-24(29)11-19-16(4)18-10-20-21(17-8-6-14(2)7-9-17)13-33-22(20)12-23(18)34-27(19)32/h6-10,12-13,15,25H,5,11H2,1-4H3,(H,28,29)(H,30,31). The van der Waals surface area contributed by atoms with Crippen molar-refractivity contribution in [1.29, 1.82) is 0 Å². The Balaban J connectivity index is 1.74. The van der Waals surface area contributed by atoms with Crippen molar-refractivity contribution in [2.45, 2.75) is 46.6 Å². The molecule has 4 aromatic rings. The molecule has 0 aliphatic carbocycles. The summed E-state index contributed by atoms with van der Waals surface area (Å²) in [4.78, 5) is 36.9. The maximum atomic E-state index is 12.7. The molecular weight excluding hydrogens is 434 g/mol. The highest BCUT2D eigenvalue weighted by Crippen LogP contribution is 2.34. The van der Waals surface area contributed by atoms with Gasteiger partial charge in [0.2, 0.25) is 5.91 Å². The van der Waals surface area contributed by atoms with E-state index in [-0.39, 0.29) is 17.9 Å². The number of furan rings is 1. The van der Waals surface area contributed by atoms with Gasteiger partial charge in [-0.1, -0.05) is 50.1 Å². The van der Waals surface area contributed by atoms with Crippen LogP contribution in [0.15, 0.2) is 56.3 Å². The lowest BCUT2D eigenvalue weighted by Crippen LogP contribution is -2.45. The molecule has 2 unspecified atom stereocenters. The van der Waals surface area contributed by atoms with Gasteiger partial charge in [-0.3, -0.25) is 4.79 Å². The van der Waals surface area contributed by atoms with E-state index in [2.05, 4.69) is 5.32 Å². The largest absolute Gasteiger partial charge is 0.480 e. The monoisotopic (exact) mass is 461 g/mol. The van der Waals surface area contributed by atoms with Gasteiger partial charge in [0.15, 0.2) is 0 Å². The number of nitrogens with one attached hydrogen (secondary N) is 1. The van der Waals surface area contributed by atoms with Crippen molar-refractivity contribution >= 4 is 33.8 Å². The second-order valence-corrected chi connectivity index (χ2v) is 8.80. The number of carboxylic acids is 1. The van der Waals surface area contributed by atoms with E-state index in [9.17, 15) is 19.5 Å². The summed E-state index contributed by atoms with van der Waals surface area (Å²) in [6.45, 7) is 7.41. The van der Waals surface area contributed by atoms with Crippen molar-refractivity contribution in [1.82, 2.24) is 5.32 Å². The number of aliphatic carboxylic acids is 1. The fourth-order valence-electron chi connectivity index (χ4n) is 4.14. The third-order valence-corrected chi connectivity index (χ3v) is 6.48. The van der Waals surface area contributed by atoms with Gasteiger partial charge in [0, 0.05) is 22.4 Å². The molecule has 34 heavy (non-hydrogen) atoms. The van der Waals surface area contributed by atoms with Crippen LogP contribution in [0.25, 0.3) is 33.1 Å². The van der Waals surface area contributed by atoms with Crippen LogP contribution < -0.4 is 10.9 Å². The Kier molecular flexibility index (Phi) is 6.28. The molecule has 0 spiro atoms. The Morgan fingerprint density at radius 3 is 2.41 bits per heavy atom. The van der Waals surface area contributed by atoms with Crippen LogP contribution >= 0.6 is 0 Å². The van der Waals surface area contributed by atoms with Crippen LogP contribution in [-0.2, 0) is 16.0 Å². The predicted molar refractivity (Wildman–Crippen MR) is 130 cm³/mol. The first-order valence-corrected chi connectivity index (χ1v) is 11.3. The molecule has 0 radical (unpaired) electrons. The van der Waals surface area contributed by atoms with Gasteiger partial charge in [-0.15, -0.1) is 0 Å². The lowest BCUT2D eigenvalue weighted by molar-refractivity contribution is -0.143. The first kappa shape index (κ1) is 23.3. The van der Waals surface area contributed by atoms with Crippen LogP contribution in [0.2, 0.25) is 0 Å². The van der Waals surface area contributed by atoms with E-state index >= 15 is 0 Å². The molecule has 0 fully saturated rings. The molecule has 0 aliphatic rings. The number of carbonyl (C=O) groups excluding carboxylic acids is 1. The Labute approximate surface area is 196 Å². The van der Waals surface area contributed by atoms with E-state index < -0.39 is 23.5 Å². The molecule has 2 heterocycles. The number of amides is 1. The minimum Gasteiger partial charge on any atom is -0.480 e. The Bertz CT molecular complexity index is 1440. The molecule has 0 saturated carbocycles. The molecule has 0 saturated heterocycles. The molecule has 1 amide bonds. The number of rotatable bonds is 7. The second-order valence-electron chi connectivity index (χ2n) is 8.80. The summed E-state index contributed by atoms with van der Waals surface area (Å²) >= 11 is 0. The lowest BCUT2D eigenvalue weighted by Gasteiger charge is -2.20. The zero-order valence-corrected chi connectivity index (χ0v) is 19.6. The molecule has 176 valence electrons. The molecule has 2 aromatic heterocycles. The summed E-state index contributed by atoms with van der Waals surface area (Å²) < 4.78 is 11.3. The highest BCUT2D eigenvalue weighted by molar-refractivity contribution is 6.02. The second kappa shape index (κ2) is 9.17. The van der Waals surface area contributed by atoms with Crippen LogP contribution in [-0.4, -0.2) is 23.0 Å². The zero-order chi connectivity index (χ0) is 24.6. The fourth-order valence-corrected chi connectivity index (χ4v) is 4.14. The Morgan fingerprint density at radius 2 is 1.76 bits per heavy atom. The van der Waals surface area contributed by atoms with Crippen LogP contribution in [0, 0.1) is 19.8 Å². The topological polar surface area (TPSA) is 110 Å². The number of hydrogen-bond acceptors (Lipinski definition) is 5. The minimum atomic E-state index is -1.10. The van der Waals surface area contributed by atoms with Gasteiger partial charge < -0.3 is 19.3 Å². The normalized spacial score (nSPS) is 13.2. The van der Waals surface area contributed by atoms with E-state index in [0.717, 1.165) is 22.1 Å². The van der Waals surface area contributed by atoms with Crippen LogP contribution in [0.5, 0.6) is 0 Å². The third-order valence-electron chi connectivity index (χ3n) is 6.48. The smallest absolute Gasteiger partial charge is 0.340 e. The number of hydrogen-bond donors (Lipinski definition) is 2. The van der Waals surface area contributed by atoms with Crippen LogP contribution in [0.1, 0.15) is 37.0 Å². The quantitative estimate of drug-likeness (QED) is 0.376. The maximum Gasteiger partial charge on any atom is 0.340 e. The van der Waals surface area contributed by atoms with E-state index in [1.165, 1.54) is 0 Å². The van der Waals surface area contributed by atoms with Gasteiger partial charge >= 0.3 is 11.6 Å². The summed E-state index contributed by atoms with van der Waals surface area (Å²) in [5.41, 5.74) is 4.23. The van der Waals surface area contributed by atoms with Crippen molar-refractivity contribution in [2.24, 2.45) is 5.92 Å². The van der Waals surface area contributed by atoms with Crippen molar-refractivity contribution in [3.63, 3.8) is 0 Å². The zero-order valence-electron chi connectivity index (χ0n) is 19.6. The van der Waals surface area contributed by atoms with Gasteiger partial charge in [0.1, 0.15) is 17.2 Å². The summed E-state index contributed by atoms with van der Waals surface area (Å²) in [6.07, 6.45) is 2.01. The van der Waals surface area contributed by atoms with E-state index in [4.69, 9.17) is 8.83 Å². The summed E-state index contributed by atoms with van der Waals surface area (Å²) in [5.74, 6) is -1.88. The van der Waals surface area contributed by atoms with Crippen LogP contribution in [0.4, 0.5) is 0 Å². The van der Waals surface area contributed by atoms with E-state index in [1.54, 1.807) is 26.2 Å². The summed E-state index contributed by atoms with van der Waals surface area (Å²) in [6, 6.07) is 10.7. The molecule has 2 aromatic carbocycles.